The maximum Gasteiger partial charge on any atom is 0.270 e. The number of non-ortho nitro benzene ring substituents is 1. The van der Waals surface area contributed by atoms with Crippen LogP contribution in [0.5, 0.6) is 5.75 Å². The summed E-state index contributed by atoms with van der Waals surface area (Å²) in [4.78, 5) is 34.0. The molecule has 2 aromatic carbocycles. The van der Waals surface area contributed by atoms with E-state index in [0.717, 1.165) is 5.56 Å². The molecular weight excluding hydrogens is 396 g/mol. The zero-order valence-electron chi connectivity index (χ0n) is 15.4. The van der Waals surface area contributed by atoms with Crippen molar-refractivity contribution in [2.75, 3.05) is 7.11 Å². The largest absolute Gasteiger partial charge is 0.497 e. The number of nitro groups is 1. The molecule has 0 fully saturated rings. The van der Waals surface area contributed by atoms with E-state index >= 15 is 0 Å². The second-order valence-corrected chi connectivity index (χ2v) is 6.11. The Balaban J connectivity index is 1.77. The van der Waals surface area contributed by atoms with Gasteiger partial charge in [0.05, 0.1) is 18.5 Å². The monoisotopic (exact) mass is 414 g/mol. The van der Waals surface area contributed by atoms with Gasteiger partial charge in [-0.3, -0.25) is 35.9 Å². The Kier molecular flexibility index (Phi) is 7.80. The van der Waals surface area contributed by atoms with Gasteiger partial charge in [0.1, 0.15) is 5.75 Å². The second-order valence-electron chi connectivity index (χ2n) is 5.70. The molecule has 0 unspecified atom stereocenters. The molecule has 0 saturated heterocycles. The molecule has 0 atom stereocenters. The van der Waals surface area contributed by atoms with Crippen molar-refractivity contribution in [1.82, 2.24) is 16.2 Å². The Morgan fingerprint density at radius 2 is 1.90 bits per heavy atom. The number of amides is 2. The number of hydrogen-bond donors (Lipinski definition) is 3. The van der Waals surface area contributed by atoms with Gasteiger partial charge in [0.15, 0.2) is 5.11 Å². The van der Waals surface area contributed by atoms with Crippen molar-refractivity contribution in [3.8, 4) is 5.75 Å². The smallest absolute Gasteiger partial charge is 0.270 e. The van der Waals surface area contributed by atoms with Crippen LogP contribution in [0.2, 0.25) is 0 Å². The summed E-state index contributed by atoms with van der Waals surface area (Å²) in [6, 6.07) is 12.8. The second kappa shape index (κ2) is 10.5. The van der Waals surface area contributed by atoms with Crippen LogP contribution >= 0.6 is 12.2 Å². The number of hydrazine groups is 1. The molecule has 0 spiro atoms. The molecule has 9 nitrogen and oxygen atoms in total. The zero-order valence-corrected chi connectivity index (χ0v) is 16.2. The average molecular weight is 414 g/mol. The first-order chi connectivity index (χ1) is 13.9. The molecule has 0 heterocycles. The Morgan fingerprint density at radius 3 is 2.55 bits per heavy atom. The Labute approximate surface area is 171 Å². The predicted octanol–water partition coefficient (Wildman–Crippen LogP) is 1.88. The Bertz CT molecular complexity index is 944. The summed E-state index contributed by atoms with van der Waals surface area (Å²) in [5.74, 6) is -0.216. The minimum atomic E-state index is -0.557. The van der Waals surface area contributed by atoms with Crippen LogP contribution in [0.1, 0.15) is 11.1 Å². The first-order valence-corrected chi connectivity index (χ1v) is 8.73. The lowest BCUT2D eigenvalue weighted by Crippen LogP contribution is -2.48. The number of thiocarbonyl (C=S) groups is 1. The molecule has 3 N–H and O–H groups in total. The molecule has 2 rings (SSSR count). The first kappa shape index (κ1) is 21.5. The van der Waals surface area contributed by atoms with Gasteiger partial charge >= 0.3 is 0 Å². The number of nitrogens with one attached hydrogen (secondary N) is 3. The van der Waals surface area contributed by atoms with Crippen LogP contribution < -0.4 is 20.9 Å². The number of ether oxygens (including phenoxy) is 1. The fraction of sp³-hybridized carbons (Fsp3) is 0.105. The molecule has 0 aliphatic heterocycles. The third kappa shape index (κ3) is 7.39. The predicted molar refractivity (Wildman–Crippen MR) is 111 cm³/mol. The molecule has 0 aliphatic carbocycles. The third-order valence-electron chi connectivity index (χ3n) is 3.58. The van der Waals surface area contributed by atoms with E-state index in [-0.39, 0.29) is 23.1 Å². The van der Waals surface area contributed by atoms with E-state index in [9.17, 15) is 19.7 Å². The molecule has 10 heteroatoms. The van der Waals surface area contributed by atoms with Gasteiger partial charge in [-0.2, -0.15) is 0 Å². The Morgan fingerprint density at radius 1 is 1.17 bits per heavy atom. The van der Waals surface area contributed by atoms with Gasteiger partial charge in [-0.25, -0.2) is 0 Å². The number of carbonyl (C=O) groups is 2. The fourth-order valence-corrected chi connectivity index (χ4v) is 2.35. The quantitative estimate of drug-likeness (QED) is 0.285. The average Bonchev–Trinajstić information content (AvgIpc) is 2.71. The normalized spacial score (nSPS) is 10.2. The van der Waals surface area contributed by atoms with E-state index < -0.39 is 10.8 Å². The van der Waals surface area contributed by atoms with E-state index in [4.69, 9.17) is 17.0 Å². The summed E-state index contributed by atoms with van der Waals surface area (Å²) in [6.07, 6.45) is 2.69. The number of carbonyl (C=O) groups excluding carboxylic acids is 2. The highest BCUT2D eigenvalue weighted by atomic mass is 32.1. The Hall–Kier alpha value is -3.79. The lowest BCUT2D eigenvalue weighted by Gasteiger charge is -2.10. The number of hydrogen-bond acceptors (Lipinski definition) is 6. The SMILES string of the molecule is COc1ccc(CC(=O)NNC(=S)NC(=O)/C=C/c2cccc([N+](=O)[O-])c2)cc1. The number of methoxy groups -OCH3 is 1. The molecule has 0 aromatic heterocycles. The highest BCUT2D eigenvalue weighted by Crippen LogP contribution is 2.14. The number of nitro benzene ring substituents is 1. The van der Waals surface area contributed by atoms with E-state index in [1.807, 2.05) is 0 Å². The van der Waals surface area contributed by atoms with Gasteiger partial charge in [-0.15, -0.1) is 0 Å². The van der Waals surface area contributed by atoms with Crippen LogP contribution in [0.4, 0.5) is 5.69 Å². The molecular formula is C19H18N4O5S. The number of benzene rings is 2. The van der Waals surface area contributed by atoms with Gasteiger partial charge in [-0.05, 0) is 41.6 Å². The van der Waals surface area contributed by atoms with Crippen molar-refractivity contribution in [3.63, 3.8) is 0 Å². The van der Waals surface area contributed by atoms with Crippen molar-refractivity contribution in [2.24, 2.45) is 0 Å². The zero-order chi connectivity index (χ0) is 21.2. The van der Waals surface area contributed by atoms with Crippen LogP contribution in [-0.2, 0) is 16.0 Å². The summed E-state index contributed by atoms with van der Waals surface area (Å²) >= 11 is 4.93. The number of rotatable bonds is 6. The van der Waals surface area contributed by atoms with Crippen LogP contribution in [0.25, 0.3) is 6.08 Å². The molecule has 0 bridgehead atoms. The van der Waals surface area contributed by atoms with E-state index in [1.165, 1.54) is 30.4 Å². The van der Waals surface area contributed by atoms with E-state index in [0.29, 0.717) is 11.3 Å². The molecule has 0 radical (unpaired) electrons. The van der Waals surface area contributed by atoms with Crippen molar-refractivity contribution >= 4 is 40.9 Å². The summed E-state index contributed by atoms with van der Waals surface area (Å²) in [5, 5.41) is 13.0. The molecule has 0 aliphatic rings. The van der Waals surface area contributed by atoms with Gasteiger partial charge < -0.3 is 4.74 Å². The van der Waals surface area contributed by atoms with Crippen LogP contribution in [0, 0.1) is 10.1 Å². The summed E-state index contributed by atoms with van der Waals surface area (Å²) in [5.41, 5.74) is 6.00. The molecule has 29 heavy (non-hydrogen) atoms. The third-order valence-corrected chi connectivity index (χ3v) is 3.79. The van der Waals surface area contributed by atoms with Crippen LogP contribution in [0.3, 0.4) is 0 Å². The van der Waals surface area contributed by atoms with Crippen LogP contribution in [0.15, 0.2) is 54.6 Å². The first-order valence-electron chi connectivity index (χ1n) is 8.32. The van der Waals surface area contributed by atoms with Crippen molar-refractivity contribution in [1.29, 1.82) is 0 Å². The summed E-state index contributed by atoms with van der Waals surface area (Å²) in [6.45, 7) is 0. The van der Waals surface area contributed by atoms with Crippen molar-refractivity contribution in [3.05, 3.63) is 75.8 Å². The lowest BCUT2D eigenvalue weighted by atomic mass is 10.1. The topological polar surface area (TPSA) is 123 Å². The van der Waals surface area contributed by atoms with Crippen molar-refractivity contribution in [2.45, 2.75) is 6.42 Å². The maximum atomic E-state index is 11.9. The maximum absolute atomic E-state index is 11.9. The van der Waals surface area contributed by atoms with E-state index in [1.54, 1.807) is 37.4 Å². The van der Waals surface area contributed by atoms with Gasteiger partial charge in [0.25, 0.3) is 5.69 Å². The van der Waals surface area contributed by atoms with Crippen LogP contribution in [-0.4, -0.2) is 29.0 Å². The summed E-state index contributed by atoms with van der Waals surface area (Å²) < 4.78 is 5.05. The van der Waals surface area contributed by atoms with Crippen molar-refractivity contribution < 1.29 is 19.2 Å². The molecule has 0 saturated carbocycles. The van der Waals surface area contributed by atoms with Gasteiger partial charge in [0, 0.05) is 18.2 Å². The summed E-state index contributed by atoms with van der Waals surface area (Å²) in [7, 11) is 1.56. The molecule has 2 aromatic rings. The molecule has 2 amide bonds. The van der Waals surface area contributed by atoms with E-state index in [2.05, 4.69) is 16.2 Å². The minimum Gasteiger partial charge on any atom is -0.497 e. The molecule has 150 valence electrons. The highest BCUT2D eigenvalue weighted by molar-refractivity contribution is 7.80. The minimum absolute atomic E-state index is 0.0793. The fourth-order valence-electron chi connectivity index (χ4n) is 2.20. The highest BCUT2D eigenvalue weighted by Gasteiger charge is 2.07. The lowest BCUT2D eigenvalue weighted by molar-refractivity contribution is -0.384. The van der Waals surface area contributed by atoms with Gasteiger partial charge in [0.2, 0.25) is 11.8 Å². The van der Waals surface area contributed by atoms with Gasteiger partial charge in [-0.1, -0.05) is 24.3 Å². The standard InChI is InChI=1S/C19H18N4O5S/c1-28-16-8-5-14(6-9-16)12-18(25)21-22-19(29)20-17(24)10-7-13-3-2-4-15(11-13)23(26)27/h2-11H,12H2,1H3,(H,21,25)(H2,20,22,24,29)/b10-7+. The number of nitrogens with zero attached hydrogens (tertiary/aromatic N) is 1.